The van der Waals surface area contributed by atoms with Crippen LogP contribution in [0.2, 0.25) is 0 Å². The van der Waals surface area contributed by atoms with Gasteiger partial charge in [0.1, 0.15) is 0 Å². The maximum Gasteiger partial charge on any atom is 0.356 e. The summed E-state index contributed by atoms with van der Waals surface area (Å²) in [5, 5.41) is 13.7. The van der Waals surface area contributed by atoms with Crippen molar-refractivity contribution in [3.63, 3.8) is 0 Å². The summed E-state index contributed by atoms with van der Waals surface area (Å²) in [6, 6.07) is 2.23. The molecule has 0 aliphatic carbocycles. The number of esters is 1. The van der Waals surface area contributed by atoms with Crippen LogP contribution in [-0.4, -0.2) is 29.0 Å². The lowest BCUT2D eigenvalue weighted by atomic mass is 10.2. The van der Waals surface area contributed by atoms with Crippen LogP contribution in [0, 0.1) is 22.5 Å². The first kappa shape index (κ1) is 14.4. The summed E-state index contributed by atoms with van der Waals surface area (Å²) >= 11 is 0. The van der Waals surface area contributed by atoms with Crippen molar-refractivity contribution in [3.05, 3.63) is 27.9 Å². The predicted octanol–water partition coefficient (Wildman–Crippen LogP) is 1.60. The highest BCUT2D eigenvalue weighted by molar-refractivity contribution is 5.88. The molecule has 1 N–H and O–H groups in total. The Morgan fingerprint density at radius 3 is 2.89 bits per heavy atom. The van der Waals surface area contributed by atoms with Crippen molar-refractivity contribution in [2.24, 2.45) is 0 Å². The average Bonchev–Trinajstić information content (AvgIpc) is 2.37. The highest BCUT2D eigenvalue weighted by Crippen LogP contribution is 2.23. The molecule has 0 radical (unpaired) electrons. The number of anilines is 1. The van der Waals surface area contributed by atoms with Crippen LogP contribution in [-0.2, 0) is 4.74 Å². The smallest absolute Gasteiger partial charge is 0.356 e. The normalized spacial score (nSPS) is 11.2. The van der Waals surface area contributed by atoms with E-state index in [-0.39, 0.29) is 23.2 Å². The Bertz CT molecular complexity index is 536. The van der Waals surface area contributed by atoms with Crippen LogP contribution in [0.25, 0.3) is 0 Å². The van der Waals surface area contributed by atoms with E-state index in [1.165, 1.54) is 19.2 Å². The molecule has 1 atom stereocenters. The standard InChI is InChI=1S/C12H13N3O4/c1-4-5-8(2)13-11-10(15(17)18)7-6-9(14-11)12(16)19-3/h1,6-8H,5H2,2-3H3,(H,13,14). The molecule has 0 saturated heterocycles. The second-order valence-electron chi connectivity index (χ2n) is 3.77. The van der Waals surface area contributed by atoms with E-state index in [2.05, 4.69) is 21.0 Å². The van der Waals surface area contributed by atoms with Crippen molar-refractivity contribution in [2.75, 3.05) is 12.4 Å². The first-order valence-electron chi connectivity index (χ1n) is 5.43. The largest absolute Gasteiger partial charge is 0.464 e. The average molecular weight is 263 g/mol. The van der Waals surface area contributed by atoms with Gasteiger partial charge in [-0.2, -0.15) is 0 Å². The molecule has 100 valence electrons. The fraction of sp³-hybridized carbons (Fsp3) is 0.333. The first-order valence-corrected chi connectivity index (χ1v) is 5.43. The van der Waals surface area contributed by atoms with Crippen LogP contribution in [0.15, 0.2) is 12.1 Å². The third-order valence-electron chi connectivity index (χ3n) is 2.27. The Morgan fingerprint density at radius 2 is 2.37 bits per heavy atom. The summed E-state index contributed by atoms with van der Waals surface area (Å²) in [4.78, 5) is 25.5. The number of terminal acetylenes is 1. The predicted molar refractivity (Wildman–Crippen MR) is 68.8 cm³/mol. The van der Waals surface area contributed by atoms with Gasteiger partial charge in [0.2, 0.25) is 5.82 Å². The molecule has 0 aromatic carbocycles. The number of rotatable bonds is 5. The number of nitrogens with zero attached hydrogens (tertiary/aromatic N) is 2. The van der Waals surface area contributed by atoms with Crippen LogP contribution in [0.1, 0.15) is 23.8 Å². The zero-order valence-corrected chi connectivity index (χ0v) is 10.5. The number of nitro groups is 1. The highest BCUT2D eigenvalue weighted by Gasteiger charge is 2.20. The molecule has 0 bridgehead atoms. The monoisotopic (exact) mass is 263 g/mol. The number of hydrogen-bond acceptors (Lipinski definition) is 6. The van der Waals surface area contributed by atoms with E-state index in [4.69, 9.17) is 6.42 Å². The Labute approximate surface area is 110 Å². The van der Waals surface area contributed by atoms with E-state index >= 15 is 0 Å². The highest BCUT2D eigenvalue weighted by atomic mass is 16.6. The topological polar surface area (TPSA) is 94.4 Å². The molecular formula is C12H13N3O4. The zero-order valence-electron chi connectivity index (χ0n) is 10.5. The number of methoxy groups -OCH3 is 1. The molecule has 1 heterocycles. The third-order valence-corrected chi connectivity index (χ3v) is 2.27. The summed E-state index contributed by atoms with van der Waals surface area (Å²) in [5.41, 5.74) is -0.236. The summed E-state index contributed by atoms with van der Waals surface area (Å²) < 4.78 is 4.51. The zero-order chi connectivity index (χ0) is 14.4. The molecule has 0 spiro atoms. The lowest BCUT2D eigenvalue weighted by molar-refractivity contribution is -0.384. The molecule has 19 heavy (non-hydrogen) atoms. The van der Waals surface area contributed by atoms with Gasteiger partial charge in [-0.3, -0.25) is 10.1 Å². The minimum atomic E-state index is -0.664. The van der Waals surface area contributed by atoms with Crippen LogP contribution in [0.5, 0.6) is 0 Å². The van der Waals surface area contributed by atoms with Crippen molar-refractivity contribution >= 4 is 17.5 Å². The summed E-state index contributed by atoms with van der Waals surface area (Å²) in [7, 11) is 1.21. The lowest BCUT2D eigenvalue weighted by Crippen LogP contribution is -2.17. The van der Waals surface area contributed by atoms with E-state index in [9.17, 15) is 14.9 Å². The molecule has 7 nitrogen and oxygen atoms in total. The number of hydrogen-bond donors (Lipinski definition) is 1. The van der Waals surface area contributed by atoms with Gasteiger partial charge < -0.3 is 10.1 Å². The first-order chi connectivity index (χ1) is 8.99. The van der Waals surface area contributed by atoms with Gasteiger partial charge in [-0.15, -0.1) is 12.3 Å². The molecule has 0 saturated carbocycles. The number of carbonyl (C=O) groups excluding carboxylic acids is 1. The fourth-order valence-electron chi connectivity index (χ4n) is 1.38. The minimum absolute atomic E-state index is 0.00403. The van der Waals surface area contributed by atoms with Gasteiger partial charge in [-0.05, 0) is 13.0 Å². The number of nitrogens with one attached hydrogen (secondary N) is 1. The van der Waals surface area contributed by atoms with Gasteiger partial charge in [0, 0.05) is 18.5 Å². The van der Waals surface area contributed by atoms with Crippen LogP contribution >= 0.6 is 0 Å². The fourth-order valence-corrected chi connectivity index (χ4v) is 1.38. The van der Waals surface area contributed by atoms with Crippen molar-refractivity contribution in [1.82, 2.24) is 4.98 Å². The van der Waals surface area contributed by atoms with Gasteiger partial charge in [-0.1, -0.05) is 0 Å². The van der Waals surface area contributed by atoms with Gasteiger partial charge >= 0.3 is 11.7 Å². The Hall–Kier alpha value is -2.62. The molecule has 7 heteroatoms. The molecular weight excluding hydrogens is 250 g/mol. The molecule has 1 aromatic rings. The van der Waals surface area contributed by atoms with E-state index in [1.54, 1.807) is 6.92 Å². The van der Waals surface area contributed by atoms with Gasteiger partial charge in [0.05, 0.1) is 12.0 Å². The maximum absolute atomic E-state index is 11.3. The molecule has 1 rings (SSSR count). The van der Waals surface area contributed by atoms with Gasteiger partial charge in [-0.25, -0.2) is 9.78 Å². The van der Waals surface area contributed by atoms with E-state index in [1.807, 2.05) is 0 Å². The van der Waals surface area contributed by atoms with Crippen LogP contribution < -0.4 is 5.32 Å². The van der Waals surface area contributed by atoms with Crippen molar-refractivity contribution in [3.8, 4) is 12.3 Å². The third kappa shape index (κ3) is 3.67. The van der Waals surface area contributed by atoms with Crippen molar-refractivity contribution in [2.45, 2.75) is 19.4 Å². The van der Waals surface area contributed by atoms with Crippen molar-refractivity contribution in [1.29, 1.82) is 0 Å². The van der Waals surface area contributed by atoms with Crippen LogP contribution in [0.3, 0.4) is 0 Å². The number of ether oxygens (including phenoxy) is 1. The van der Waals surface area contributed by atoms with Crippen molar-refractivity contribution < 1.29 is 14.5 Å². The molecule has 0 aliphatic heterocycles. The Morgan fingerprint density at radius 1 is 1.68 bits per heavy atom. The molecule has 1 unspecified atom stereocenters. The second-order valence-corrected chi connectivity index (χ2v) is 3.77. The number of pyridine rings is 1. The summed E-state index contributed by atoms with van der Waals surface area (Å²) in [6.07, 6.45) is 5.54. The lowest BCUT2D eigenvalue weighted by Gasteiger charge is -2.12. The van der Waals surface area contributed by atoms with E-state index in [0.717, 1.165) is 0 Å². The maximum atomic E-state index is 11.3. The molecule has 0 aliphatic rings. The minimum Gasteiger partial charge on any atom is -0.464 e. The van der Waals surface area contributed by atoms with Gasteiger partial charge in [0.15, 0.2) is 5.69 Å². The van der Waals surface area contributed by atoms with E-state index in [0.29, 0.717) is 6.42 Å². The molecule has 1 aromatic heterocycles. The Balaban J connectivity index is 3.12. The number of carbonyl (C=O) groups is 1. The molecule has 0 amide bonds. The summed E-state index contributed by atoms with van der Waals surface area (Å²) in [6.45, 7) is 1.76. The molecule has 0 fully saturated rings. The van der Waals surface area contributed by atoms with Gasteiger partial charge in [0.25, 0.3) is 0 Å². The number of aromatic nitrogens is 1. The summed E-state index contributed by atoms with van der Waals surface area (Å²) in [5.74, 6) is 1.76. The SMILES string of the molecule is C#CCC(C)Nc1nc(C(=O)OC)ccc1[N+](=O)[O-]. The second kappa shape index (κ2) is 6.35. The Kier molecular flexibility index (Phi) is 4.83. The quantitative estimate of drug-likeness (QED) is 0.375. The van der Waals surface area contributed by atoms with E-state index < -0.39 is 10.9 Å². The van der Waals surface area contributed by atoms with Crippen LogP contribution in [0.4, 0.5) is 11.5 Å².